The molecule has 0 spiro atoms. The molecular formula is C23H29FN2O2. The van der Waals surface area contributed by atoms with Gasteiger partial charge in [0.1, 0.15) is 17.3 Å². The zero-order chi connectivity index (χ0) is 20.3. The largest absolute Gasteiger partial charge is 0.481 e. The van der Waals surface area contributed by atoms with Crippen molar-refractivity contribution in [2.24, 2.45) is 0 Å². The summed E-state index contributed by atoms with van der Waals surface area (Å²) < 4.78 is 20.3. The second-order valence-electron chi connectivity index (χ2n) is 7.75. The van der Waals surface area contributed by atoms with Crippen LogP contribution >= 0.6 is 0 Å². The minimum atomic E-state index is -0.740. The second-order valence-corrected chi connectivity index (χ2v) is 7.75. The van der Waals surface area contributed by atoms with Gasteiger partial charge in [0.05, 0.1) is 5.69 Å². The molecule has 1 fully saturated rings. The number of nitrogens with one attached hydrogen (secondary N) is 1. The molecule has 1 aliphatic heterocycles. The van der Waals surface area contributed by atoms with Crippen LogP contribution in [-0.2, 0) is 4.79 Å². The summed E-state index contributed by atoms with van der Waals surface area (Å²) >= 11 is 0. The zero-order valence-electron chi connectivity index (χ0n) is 17.1. The van der Waals surface area contributed by atoms with Crippen LogP contribution in [0.15, 0.2) is 36.4 Å². The van der Waals surface area contributed by atoms with Crippen LogP contribution in [0.5, 0.6) is 5.75 Å². The Morgan fingerprint density at radius 3 is 2.50 bits per heavy atom. The minimum absolute atomic E-state index is 0.233. The van der Waals surface area contributed by atoms with Crippen molar-refractivity contribution in [2.45, 2.75) is 52.6 Å². The van der Waals surface area contributed by atoms with Crippen molar-refractivity contribution < 1.29 is 13.9 Å². The van der Waals surface area contributed by atoms with Crippen molar-refractivity contribution >= 4 is 17.3 Å². The molecule has 150 valence electrons. The number of rotatable bonds is 6. The van der Waals surface area contributed by atoms with Gasteiger partial charge in [-0.25, -0.2) is 4.39 Å². The van der Waals surface area contributed by atoms with Gasteiger partial charge in [-0.2, -0.15) is 0 Å². The first kappa shape index (κ1) is 20.2. The van der Waals surface area contributed by atoms with Crippen LogP contribution < -0.4 is 15.0 Å². The molecule has 0 bridgehead atoms. The summed E-state index contributed by atoms with van der Waals surface area (Å²) in [6, 6.07) is 10.8. The van der Waals surface area contributed by atoms with Gasteiger partial charge in [-0.15, -0.1) is 0 Å². The van der Waals surface area contributed by atoms with Crippen LogP contribution in [0.4, 0.5) is 15.8 Å². The molecule has 0 aliphatic carbocycles. The molecule has 2 aromatic carbocycles. The molecule has 5 heteroatoms. The fourth-order valence-corrected chi connectivity index (χ4v) is 3.71. The normalized spacial score (nSPS) is 15.0. The van der Waals surface area contributed by atoms with Gasteiger partial charge in [0, 0.05) is 13.1 Å². The Balaban J connectivity index is 1.72. The second kappa shape index (κ2) is 8.63. The lowest BCUT2D eigenvalue weighted by Crippen LogP contribution is -2.31. The maximum Gasteiger partial charge on any atom is 0.265 e. The van der Waals surface area contributed by atoms with Crippen molar-refractivity contribution in [3.05, 3.63) is 53.3 Å². The average molecular weight is 384 g/mol. The SMILES string of the molecule is Cc1cc(OC(C)C(=O)Nc2c(F)cccc2N2CCCC2)ccc1C(C)C. The molecule has 1 amide bonds. The lowest BCUT2D eigenvalue weighted by molar-refractivity contribution is -0.122. The number of aryl methyl sites for hydroxylation is 1. The van der Waals surface area contributed by atoms with E-state index in [1.807, 2.05) is 31.2 Å². The number of anilines is 2. The molecule has 1 unspecified atom stereocenters. The number of benzene rings is 2. The van der Waals surface area contributed by atoms with Crippen molar-refractivity contribution in [1.29, 1.82) is 0 Å². The molecule has 1 N–H and O–H groups in total. The summed E-state index contributed by atoms with van der Waals surface area (Å²) in [4.78, 5) is 14.8. The predicted octanol–water partition coefficient (Wildman–Crippen LogP) is 5.26. The molecule has 2 aromatic rings. The van der Waals surface area contributed by atoms with Crippen LogP contribution in [0.25, 0.3) is 0 Å². The maximum absolute atomic E-state index is 14.4. The van der Waals surface area contributed by atoms with E-state index in [-0.39, 0.29) is 11.6 Å². The number of halogens is 1. The van der Waals surface area contributed by atoms with Gasteiger partial charge in [0.2, 0.25) is 0 Å². The number of carbonyl (C=O) groups is 1. The molecule has 1 saturated heterocycles. The fourth-order valence-electron chi connectivity index (χ4n) is 3.71. The Hall–Kier alpha value is -2.56. The highest BCUT2D eigenvalue weighted by molar-refractivity contribution is 5.97. The minimum Gasteiger partial charge on any atom is -0.481 e. The number of carbonyl (C=O) groups excluding carboxylic acids is 1. The van der Waals surface area contributed by atoms with Crippen LogP contribution in [0.1, 0.15) is 50.7 Å². The van der Waals surface area contributed by atoms with Gasteiger partial charge in [0.25, 0.3) is 5.91 Å². The first-order valence-corrected chi connectivity index (χ1v) is 9.98. The molecule has 1 aliphatic rings. The van der Waals surface area contributed by atoms with E-state index in [9.17, 15) is 9.18 Å². The third kappa shape index (κ3) is 4.46. The third-order valence-corrected chi connectivity index (χ3v) is 5.23. The van der Waals surface area contributed by atoms with Gasteiger partial charge in [-0.1, -0.05) is 26.0 Å². The topological polar surface area (TPSA) is 41.6 Å². The molecule has 3 rings (SSSR count). The molecule has 0 aromatic heterocycles. The maximum atomic E-state index is 14.4. The van der Waals surface area contributed by atoms with Crippen LogP contribution in [-0.4, -0.2) is 25.1 Å². The van der Waals surface area contributed by atoms with E-state index >= 15 is 0 Å². The van der Waals surface area contributed by atoms with E-state index in [2.05, 4.69) is 24.1 Å². The van der Waals surface area contributed by atoms with E-state index < -0.39 is 11.9 Å². The van der Waals surface area contributed by atoms with E-state index in [4.69, 9.17) is 4.74 Å². The first-order chi connectivity index (χ1) is 13.4. The Bertz CT molecular complexity index is 844. The van der Waals surface area contributed by atoms with Crippen molar-refractivity contribution in [2.75, 3.05) is 23.3 Å². The van der Waals surface area contributed by atoms with Crippen LogP contribution in [0, 0.1) is 12.7 Å². The lowest BCUT2D eigenvalue weighted by Gasteiger charge is -2.23. The van der Waals surface area contributed by atoms with Gasteiger partial charge < -0.3 is 15.0 Å². The zero-order valence-corrected chi connectivity index (χ0v) is 17.1. The summed E-state index contributed by atoms with van der Waals surface area (Å²) in [6.07, 6.45) is 1.42. The molecule has 1 heterocycles. The van der Waals surface area contributed by atoms with Gasteiger partial charge in [0.15, 0.2) is 6.10 Å². The fraction of sp³-hybridized carbons (Fsp3) is 0.435. The quantitative estimate of drug-likeness (QED) is 0.738. The number of hydrogen-bond donors (Lipinski definition) is 1. The van der Waals surface area contributed by atoms with Gasteiger partial charge >= 0.3 is 0 Å². The summed E-state index contributed by atoms with van der Waals surface area (Å²) in [5, 5.41) is 2.74. The predicted molar refractivity (Wildman–Crippen MR) is 112 cm³/mol. The van der Waals surface area contributed by atoms with E-state index in [0.29, 0.717) is 11.7 Å². The number of para-hydroxylation sites is 1. The smallest absolute Gasteiger partial charge is 0.265 e. The Kier molecular flexibility index (Phi) is 6.22. The van der Waals surface area contributed by atoms with E-state index in [1.54, 1.807) is 13.0 Å². The summed E-state index contributed by atoms with van der Waals surface area (Å²) in [7, 11) is 0. The first-order valence-electron chi connectivity index (χ1n) is 9.98. The summed E-state index contributed by atoms with van der Waals surface area (Å²) in [5.41, 5.74) is 3.35. The highest BCUT2D eigenvalue weighted by Crippen LogP contribution is 2.31. The number of amides is 1. The van der Waals surface area contributed by atoms with Crippen molar-refractivity contribution in [3.8, 4) is 5.75 Å². The Morgan fingerprint density at radius 2 is 1.86 bits per heavy atom. The molecular weight excluding hydrogens is 355 g/mol. The Labute approximate surface area is 166 Å². The monoisotopic (exact) mass is 384 g/mol. The summed E-state index contributed by atoms with van der Waals surface area (Å²) in [5.74, 6) is 0.274. The van der Waals surface area contributed by atoms with Crippen molar-refractivity contribution in [1.82, 2.24) is 0 Å². The highest BCUT2D eigenvalue weighted by atomic mass is 19.1. The number of hydrogen-bond acceptors (Lipinski definition) is 3. The van der Waals surface area contributed by atoms with Crippen LogP contribution in [0.2, 0.25) is 0 Å². The molecule has 0 saturated carbocycles. The molecule has 28 heavy (non-hydrogen) atoms. The standard InChI is InChI=1S/C23H29FN2O2/c1-15(2)19-11-10-18(14-16(19)3)28-17(4)23(27)25-22-20(24)8-7-9-21(22)26-12-5-6-13-26/h7-11,14-15,17H,5-6,12-13H2,1-4H3,(H,25,27). The van der Waals surface area contributed by atoms with Gasteiger partial charge in [-0.05, 0) is 68.0 Å². The van der Waals surface area contributed by atoms with Gasteiger partial charge in [-0.3, -0.25) is 4.79 Å². The van der Waals surface area contributed by atoms with E-state index in [0.717, 1.165) is 37.2 Å². The highest BCUT2D eigenvalue weighted by Gasteiger charge is 2.22. The summed E-state index contributed by atoms with van der Waals surface area (Å²) in [6.45, 7) is 9.75. The Morgan fingerprint density at radius 1 is 1.14 bits per heavy atom. The molecule has 0 radical (unpaired) electrons. The van der Waals surface area contributed by atoms with Crippen LogP contribution in [0.3, 0.4) is 0 Å². The lowest BCUT2D eigenvalue weighted by atomic mass is 9.98. The van der Waals surface area contributed by atoms with E-state index in [1.165, 1.54) is 11.6 Å². The van der Waals surface area contributed by atoms with Crippen molar-refractivity contribution in [3.63, 3.8) is 0 Å². The molecule has 1 atom stereocenters. The third-order valence-electron chi connectivity index (χ3n) is 5.23. The number of ether oxygens (including phenoxy) is 1. The average Bonchev–Trinajstić information content (AvgIpc) is 3.17. The number of nitrogens with zero attached hydrogens (tertiary/aromatic N) is 1. The molecule has 4 nitrogen and oxygen atoms in total.